The van der Waals surface area contributed by atoms with Gasteiger partial charge in [0.2, 0.25) is 0 Å². The first-order chi connectivity index (χ1) is 8.65. The van der Waals surface area contributed by atoms with Crippen LogP contribution in [0.3, 0.4) is 0 Å². The third kappa shape index (κ3) is 8.87. The lowest BCUT2D eigenvalue weighted by Crippen LogP contribution is -2.44. The molecular weight excluding hydrogens is 236 g/mol. The van der Waals surface area contributed by atoms with Crippen molar-refractivity contribution in [1.82, 2.24) is 10.2 Å². The SMILES string of the molecule is CC(C)CCCC(C)NC(N)=NCC(C)(C)N(C)C. The maximum absolute atomic E-state index is 5.93. The molecule has 4 heteroatoms. The molecule has 0 spiro atoms. The Bertz CT molecular complexity index is 269. The largest absolute Gasteiger partial charge is 0.370 e. The minimum atomic E-state index is 0.0349. The van der Waals surface area contributed by atoms with E-state index in [1.165, 1.54) is 12.8 Å². The van der Waals surface area contributed by atoms with Crippen molar-refractivity contribution >= 4 is 5.96 Å². The fourth-order valence-electron chi connectivity index (χ4n) is 1.62. The topological polar surface area (TPSA) is 53.6 Å². The smallest absolute Gasteiger partial charge is 0.188 e. The standard InChI is InChI=1S/C15H34N4/c1-12(2)9-8-10-13(3)18-14(16)17-11-15(4,5)19(6)7/h12-13H,8-11H2,1-7H3,(H3,16,17,18). The van der Waals surface area contributed by atoms with Crippen LogP contribution in [-0.4, -0.2) is 43.1 Å². The quantitative estimate of drug-likeness (QED) is 0.526. The van der Waals surface area contributed by atoms with Crippen molar-refractivity contribution in [1.29, 1.82) is 0 Å². The van der Waals surface area contributed by atoms with E-state index in [1.54, 1.807) is 0 Å². The first-order valence-electron chi connectivity index (χ1n) is 7.39. The van der Waals surface area contributed by atoms with Crippen molar-refractivity contribution in [2.45, 2.75) is 65.5 Å². The van der Waals surface area contributed by atoms with Gasteiger partial charge in [-0.05, 0) is 47.2 Å². The van der Waals surface area contributed by atoms with Gasteiger partial charge in [-0.25, -0.2) is 0 Å². The summed E-state index contributed by atoms with van der Waals surface area (Å²) in [5, 5.41) is 3.27. The van der Waals surface area contributed by atoms with Crippen molar-refractivity contribution < 1.29 is 0 Å². The summed E-state index contributed by atoms with van der Waals surface area (Å²) in [6, 6.07) is 0.393. The third-order valence-corrected chi connectivity index (χ3v) is 3.66. The fourth-order valence-corrected chi connectivity index (χ4v) is 1.62. The zero-order valence-electron chi connectivity index (χ0n) is 14.0. The monoisotopic (exact) mass is 270 g/mol. The van der Waals surface area contributed by atoms with Gasteiger partial charge in [0.05, 0.1) is 6.54 Å². The predicted octanol–water partition coefficient (Wildman–Crippen LogP) is 2.45. The molecule has 0 rings (SSSR count). The highest BCUT2D eigenvalue weighted by Gasteiger charge is 2.19. The molecule has 4 nitrogen and oxygen atoms in total. The van der Waals surface area contributed by atoms with Gasteiger partial charge in [-0.3, -0.25) is 4.99 Å². The van der Waals surface area contributed by atoms with E-state index in [9.17, 15) is 0 Å². The Kier molecular flexibility index (Phi) is 8.07. The van der Waals surface area contributed by atoms with Gasteiger partial charge < -0.3 is 16.0 Å². The van der Waals surface area contributed by atoms with Crippen LogP contribution in [0.2, 0.25) is 0 Å². The van der Waals surface area contributed by atoms with E-state index < -0.39 is 0 Å². The summed E-state index contributed by atoms with van der Waals surface area (Å²) in [5.74, 6) is 1.34. The molecular formula is C15H34N4. The molecule has 0 heterocycles. The van der Waals surface area contributed by atoms with Crippen LogP contribution in [0.5, 0.6) is 0 Å². The van der Waals surface area contributed by atoms with E-state index in [0.29, 0.717) is 18.5 Å². The second-order valence-electron chi connectivity index (χ2n) is 6.78. The first-order valence-corrected chi connectivity index (χ1v) is 7.39. The molecule has 114 valence electrons. The van der Waals surface area contributed by atoms with Gasteiger partial charge in [0, 0.05) is 11.6 Å². The minimum absolute atomic E-state index is 0.0349. The summed E-state index contributed by atoms with van der Waals surface area (Å²) in [6.07, 6.45) is 3.66. The molecule has 0 saturated heterocycles. The molecule has 0 aromatic heterocycles. The number of hydrogen-bond donors (Lipinski definition) is 2. The zero-order chi connectivity index (χ0) is 15.1. The van der Waals surface area contributed by atoms with Gasteiger partial charge in [0.25, 0.3) is 0 Å². The lowest BCUT2D eigenvalue weighted by Gasteiger charge is -2.31. The number of hydrogen-bond acceptors (Lipinski definition) is 2. The summed E-state index contributed by atoms with van der Waals surface area (Å²) < 4.78 is 0. The fraction of sp³-hybridized carbons (Fsp3) is 0.933. The average Bonchev–Trinajstić information content (AvgIpc) is 2.25. The lowest BCUT2D eigenvalue weighted by molar-refractivity contribution is 0.205. The Morgan fingerprint density at radius 3 is 2.26 bits per heavy atom. The van der Waals surface area contributed by atoms with E-state index in [4.69, 9.17) is 5.73 Å². The Labute approximate surface area is 119 Å². The second kappa shape index (κ2) is 8.41. The van der Waals surface area contributed by atoms with Crippen molar-refractivity contribution in [3.8, 4) is 0 Å². The summed E-state index contributed by atoms with van der Waals surface area (Å²) in [4.78, 5) is 6.60. The Balaban J connectivity index is 4.04. The number of nitrogens with two attached hydrogens (primary N) is 1. The molecule has 1 unspecified atom stereocenters. The van der Waals surface area contributed by atoms with Crippen LogP contribution in [-0.2, 0) is 0 Å². The van der Waals surface area contributed by atoms with E-state index in [-0.39, 0.29) is 5.54 Å². The van der Waals surface area contributed by atoms with Gasteiger partial charge in [-0.2, -0.15) is 0 Å². The molecule has 0 aliphatic heterocycles. The molecule has 0 radical (unpaired) electrons. The molecule has 19 heavy (non-hydrogen) atoms. The number of guanidine groups is 1. The van der Waals surface area contributed by atoms with Gasteiger partial charge in [-0.15, -0.1) is 0 Å². The van der Waals surface area contributed by atoms with Gasteiger partial charge in [0.15, 0.2) is 5.96 Å². The number of rotatable bonds is 8. The van der Waals surface area contributed by atoms with Crippen LogP contribution in [0.15, 0.2) is 4.99 Å². The maximum atomic E-state index is 5.93. The van der Waals surface area contributed by atoms with Crippen LogP contribution in [0.4, 0.5) is 0 Å². The number of likely N-dealkylation sites (N-methyl/N-ethyl adjacent to an activating group) is 1. The van der Waals surface area contributed by atoms with E-state index in [1.807, 2.05) is 0 Å². The average molecular weight is 270 g/mol. The summed E-state index contributed by atoms with van der Waals surface area (Å²) in [7, 11) is 4.13. The molecule has 0 aromatic rings. The molecule has 1 atom stereocenters. The van der Waals surface area contributed by atoms with E-state index >= 15 is 0 Å². The van der Waals surface area contributed by atoms with Crippen molar-refractivity contribution in [2.24, 2.45) is 16.6 Å². The molecule has 0 aliphatic rings. The molecule has 0 saturated carbocycles. The van der Waals surface area contributed by atoms with E-state index in [0.717, 1.165) is 12.3 Å². The van der Waals surface area contributed by atoms with Crippen LogP contribution >= 0.6 is 0 Å². The van der Waals surface area contributed by atoms with Gasteiger partial charge in [-0.1, -0.05) is 26.7 Å². The number of aliphatic imine (C=N–C) groups is 1. The number of nitrogens with one attached hydrogen (secondary N) is 1. The normalized spacial score (nSPS) is 15.1. The maximum Gasteiger partial charge on any atom is 0.188 e. The molecule has 0 amide bonds. The zero-order valence-corrected chi connectivity index (χ0v) is 14.0. The van der Waals surface area contributed by atoms with Crippen molar-refractivity contribution in [2.75, 3.05) is 20.6 Å². The Morgan fingerprint density at radius 1 is 1.21 bits per heavy atom. The summed E-state index contributed by atoms with van der Waals surface area (Å²) >= 11 is 0. The van der Waals surface area contributed by atoms with Crippen LogP contribution in [0.1, 0.15) is 53.9 Å². The van der Waals surface area contributed by atoms with Gasteiger partial charge >= 0.3 is 0 Å². The van der Waals surface area contributed by atoms with Gasteiger partial charge in [0.1, 0.15) is 0 Å². The Hall–Kier alpha value is -0.770. The lowest BCUT2D eigenvalue weighted by atomic mass is 10.0. The van der Waals surface area contributed by atoms with E-state index in [2.05, 4.69) is 63.9 Å². The molecule has 0 bridgehead atoms. The highest BCUT2D eigenvalue weighted by Crippen LogP contribution is 2.10. The Morgan fingerprint density at radius 2 is 1.79 bits per heavy atom. The van der Waals surface area contributed by atoms with Crippen LogP contribution in [0, 0.1) is 5.92 Å². The first kappa shape index (κ1) is 18.2. The van der Waals surface area contributed by atoms with Crippen molar-refractivity contribution in [3.63, 3.8) is 0 Å². The van der Waals surface area contributed by atoms with Crippen molar-refractivity contribution in [3.05, 3.63) is 0 Å². The highest BCUT2D eigenvalue weighted by molar-refractivity contribution is 5.78. The molecule has 0 aliphatic carbocycles. The van der Waals surface area contributed by atoms with Crippen LogP contribution in [0.25, 0.3) is 0 Å². The molecule has 0 fully saturated rings. The molecule has 0 aromatic carbocycles. The molecule has 3 N–H and O–H groups in total. The van der Waals surface area contributed by atoms with Crippen LogP contribution < -0.4 is 11.1 Å². The minimum Gasteiger partial charge on any atom is -0.370 e. The second-order valence-corrected chi connectivity index (χ2v) is 6.78. The predicted molar refractivity (Wildman–Crippen MR) is 85.5 cm³/mol. The highest BCUT2D eigenvalue weighted by atomic mass is 15.2. The summed E-state index contributed by atoms with van der Waals surface area (Å²) in [6.45, 7) is 11.7. The number of nitrogens with zero attached hydrogens (tertiary/aromatic N) is 2. The third-order valence-electron chi connectivity index (χ3n) is 3.66. The summed E-state index contributed by atoms with van der Waals surface area (Å²) in [5.41, 5.74) is 5.97.